The van der Waals surface area contributed by atoms with Crippen LogP contribution in [0.2, 0.25) is 10.0 Å². The maximum atomic E-state index is 12.7. The Kier molecular flexibility index (Phi) is 11.3. The number of carbonyl (C=O) groups excluding carboxylic acids is 1. The van der Waals surface area contributed by atoms with Crippen LogP contribution in [-0.4, -0.2) is 17.5 Å². The van der Waals surface area contributed by atoms with Gasteiger partial charge in [0.15, 0.2) is 5.13 Å². The van der Waals surface area contributed by atoms with Gasteiger partial charge in [0.1, 0.15) is 17.4 Å². The number of thiazole rings is 1. The molecule has 0 aliphatic carbocycles. The number of halogens is 2. The van der Waals surface area contributed by atoms with E-state index in [9.17, 15) is 10.1 Å². The van der Waals surface area contributed by atoms with E-state index in [0.717, 1.165) is 28.2 Å². The van der Waals surface area contributed by atoms with Gasteiger partial charge in [-0.1, -0.05) is 86.5 Å². The molecule has 188 valence electrons. The van der Waals surface area contributed by atoms with Crippen LogP contribution in [0, 0.1) is 11.3 Å². The molecule has 3 aromatic rings. The van der Waals surface area contributed by atoms with Crippen molar-refractivity contribution in [3.05, 3.63) is 80.3 Å². The number of ether oxygens (including phenoxy) is 1. The van der Waals surface area contributed by atoms with E-state index in [1.54, 1.807) is 18.3 Å². The average Bonchev–Trinajstić information content (AvgIpc) is 3.32. The second kappa shape index (κ2) is 14.6. The van der Waals surface area contributed by atoms with E-state index in [1.807, 2.05) is 42.5 Å². The Labute approximate surface area is 226 Å². The van der Waals surface area contributed by atoms with Crippen molar-refractivity contribution in [3.8, 4) is 11.8 Å². The molecular formula is C28H29Cl2N3O2S. The number of nitrogens with one attached hydrogen (secondary N) is 1. The topological polar surface area (TPSA) is 75.0 Å². The van der Waals surface area contributed by atoms with E-state index in [1.165, 1.54) is 43.4 Å². The summed E-state index contributed by atoms with van der Waals surface area (Å²) in [6, 6.07) is 14.8. The Hall–Kier alpha value is -2.85. The first-order chi connectivity index (χ1) is 17.5. The molecule has 1 N–H and O–H groups in total. The smallest absolute Gasteiger partial charge is 0.268 e. The molecule has 36 heavy (non-hydrogen) atoms. The van der Waals surface area contributed by atoms with E-state index >= 15 is 0 Å². The SMILES string of the molecule is CCCCCCCCOc1ccc(C=C(C#N)C(=O)Nc2ncc(Cc3cccc(Cl)c3Cl)s2)cc1. The molecule has 1 amide bonds. The van der Waals surface area contributed by atoms with Crippen molar-refractivity contribution in [2.75, 3.05) is 11.9 Å². The van der Waals surface area contributed by atoms with Crippen LogP contribution in [0.15, 0.2) is 54.2 Å². The normalized spacial score (nSPS) is 11.2. The number of benzene rings is 2. The number of anilines is 1. The first-order valence-corrected chi connectivity index (χ1v) is 13.6. The maximum absolute atomic E-state index is 12.7. The van der Waals surface area contributed by atoms with Crippen LogP contribution >= 0.6 is 34.5 Å². The van der Waals surface area contributed by atoms with Gasteiger partial charge in [-0.3, -0.25) is 10.1 Å². The van der Waals surface area contributed by atoms with Gasteiger partial charge < -0.3 is 4.74 Å². The minimum Gasteiger partial charge on any atom is -0.494 e. The number of amides is 1. The summed E-state index contributed by atoms with van der Waals surface area (Å²) in [6.45, 7) is 2.90. The molecule has 1 heterocycles. The molecule has 0 atom stereocenters. The van der Waals surface area contributed by atoms with Gasteiger partial charge >= 0.3 is 0 Å². The Balaban J connectivity index is 1.52. The van der Waals surface area contributed by atoms with Crippen LogP contribution in [0.4, 0.5) is 5.13 Å². The number of aromatic nitrogens is 1. The Morgan fingerprint density at radius 2 is 1.86 bits per heavy atom. The highest BCUT2D eigenvalue weighted by atomic mass is 35.5. The van der Waals surface area contributed by atoms with Gasteiger partial charge in [-0.15, -0.1) is 11.3 Å². The van der Waals surface area contributed by atoms with Gasteiger partial charge in [-0.05, 0) is 41.8 Å². The molecule has 0 aliphatic rings. The lowest BCUT2D eigenvalue weighted by Gasteiger charge is -2.06. The van der Waals surface area contributed by atoms with Crippen LogP contribution in [0.1, 0.15) is 61.5 Å². The third kappa shape index (κ3) is 8.67. The minimum atomic E-state index is -0.511. The van der Waals surface area contributed by atoms with Crippen LogP contribution in [0.3, 0.4) is 0 Å². The summed E-state index contributed by atoms with van der Waals surface area (Å²) in [6.07, 6.45) is 11.1. The summed E-state index contributed by atoms with van der Waals surface area (Å²) in [4.78, 5) is 17.8. The van der Waals surface area contributed by atoms with E-state index in [-0.39, 0.29) is 5.57 Å². The average molecular weight is 543 g/mol. The van der Waals surface area contributed by atoms with Crippen molar-refractivity contribution in [1.29, 1.82) is 5.26 Å². The zero-order chi connectivity index (χ0) is 25.8. The molecule has 1 aromatic heterocycles. The molecule has 3 rings (SSSR count). The number of unbranched alkanes of at least 4 members (excludes halogenated alkanes) is 5. The number of hydrogen-bond acceptors (Lipinski definition) is 5. The van der Waals surface area contributed by atoms with Crippen molar-refractivity contribution in [1.82, 2.24) is 4.98 Å². The third-order valence-corrected chi connectivity index (χ3v) is 7.26. The van der Waals surface area contributed by atoms with Crippen molar-refractivity contribution in [3.63, 3.8) is 0 Å². The van der Waals surface area contributed by atoms with Crippen LogP contribution in [-0.2, 0) is 11.2 Å². The molecule has 8 heteroatoms. The number of nitriles is 1. The molecule has 5 nitrogen and oxygen atoms in total. The molecule has 0 bridgehead atoms. The Morgan fingerprint density at radius 3 is 2.61 bits per heavy atom. The second-order valence-corrected chi connectivity index (χ2v) is 10.2. The lowest BCUT2D eigenvalue weighted by atomic mass is 10.1. The third-order valence-electron chi connectivity index (χ3n) is 5.49. The first kappa shape index (κ1) is 27.7. The fourth-order valence-electron chi connectivity index (χ4n) is 3.53. The van der Waals surface area contributed by atoms with Crippen LogP contribution in [0.25, 0.3) is 6.08 Å². The lowest BCUT2D eigenvalue weighted by Crippen LogP contribution is -2.13. The summed E-state index contributed by atoms with van der Waals surface area (Å²) in [5, 5.41) is 13.6. The number of rotatable bonds is 13. The summed E-state index contributed by atoms with van der Waals surface area (Å²) in [5.74, 6) is 0.265. The zero-order valence-corrected chi connectivity index (χ0v) is 22.6. The summed E-state index contributed by atoms with van der Waals surface area (Å²) >= 11 is 13.7. The van der Waals surface area contributed by atoms with Gasteiger partial charge in [0.05, 0.1) is 16.7 Å². The molecule has 0 saturated heterocycles. The molecule has 0 saturated carbocycles. The second-order valence-electron chi connectivity index (χ2n) is 8.33. The molecule has 0 fully saturated rings. The predicted octanol–water partition coefficient (Wildman–Crippen LogP) is 8.33. The van der Waals surface area contributed by atoms with Gasteiger partial charge in [-0.2, -0.15) is 5.26 Å². The highest BCUT2D eigenvalue weighted by molar-refractivity contribution is 7.15. The summed E-state index contributed by atoms with van der Waals surface area (Å²) < 4.78 is 5.80. The monoisotopic (exact) mass is 541 g/mol. The molecule has 0 radical (unpaired) electrons. The molecule has 0 unspecified atom stereocenters. The highest BCUT2D eigenvalue weighted by Gasteiger charge is 2.13. The Morgan fingerprint density at radius 1 is 1.11 bits per heavy atom. The zero-order valence-electron chi connectivity index (χ0n) is 20.2. The quantitative estimate of drug-likeness (QED) is 0.134. The van der Waals surface area contributed by atoms with Crippen molar-refractivity contribution in [2.24, 2.45) is 0 Å². The van der Waals surface area contributed by atoms with Gasteiger partial charge in [0.2, 0.25) is 0 Å². The standard InChI is InChI=1S/C28H29Cl2N3O2S/c1-2-3-4-5-6-7-15-35-23-13-11-20(12-14-23)16-22(18-31)27(34)33-28-32-19-24(36-28)17-21-9-8-10-25(29)26(21)30/h8-14,16,19H,2-7,15,17H2,1H3,(H,32,33,34). The molecule has 0 spiro atoms. The van der Waals surface area contributed by atoms with Gasteiger partial charge in [0.25, 0.3) is 5.91 Å². The van der Waals surface area contributed by atoms with E-state index in [4.69, 9.17) is 27.9 Å². The van der Waals surface area contributed by atoms with E-state index in [0.29, 0.717) is 28.2 Å². The number of hydrogen-bond donors (Lipinski definition) is 1. The lowest BCUT2D eigenvalue weighted by molar-refractivity contribution is -0.112. The van der Waals surface area contributed by atoms with Gasteiger partial charge in [0, 0.05) is 17.5 Å². The summed E-state index contributed by atoms with van der Waals surface area (Å²) in [5.41, 5.74) is 1.61. The summed E-state index contributed by atoms with van der Waals surface area (Å²) in [7, 11) is 0. The van der Waals surface area contributed by atoms with Crippen molar-refractivity contribution >= 4 is 51.7 Å². The fraction of sp³-hybridized carbons (Fsp3) is 0.321. The molecule has 0 aliphatic heterocycles. The highest BCUT2D eigenvalue weighted by Crippen LogP contribution is 2.29. The molecule has 2 aromatic carbocycles. The van der Waals surface area contributed by atoms with E-state index < -0.39 is 5.91 Å². The van der Waals surface area contributed by atoms with Crippen molar-refractivity contribution in [2.45, 2.75) is 51.9 Å². The van der Waals surface area contributed by atoms with Gasteiger partial charge in [-0.25, -0.2) is 4.98 Å². The molecular weight excluding hydrogens is 513 g/mol. The Bertz CT molecular complexity index is 1220. The largest absolute Gasteiger partial charge is 0.494 e. The fourth-order valence-corrected chi connectivity index (χ4v) is 4.75. The maximum Gasteiger partial charge on any atom is 0.268 e. The predicted molar refractivity (Wildman–Crippen MR) is 149 cm³/mol. The van der Waals surface area contributed by atoms with Crippen LogP contribution in [0.5, 0.6) is 5.75 Å². The van der Waals surface area contributed by atoms with E-state index in [2.05, 4.69) is 17.2 Å². The van der Waals surface area contributed by atoms with Crippen LogP contribution < -0.4 is 10.1 Å². The number of nitrogens with zero attached hydrogens (tertiary/aromatic N) is 2. The minimum absolute atomic E-state index is 0.00890. The number of carbonyl (C=O) groups is 1. The first-order valence-electron chi connectivity index (χ1n) is 12.0. The van der Waals surface area contributed by atoms with Crippen molar-refractivity contribution < 1.29 is 9.53 Å².